The average Bonchev–Trinajstić information content (AvgIpc) is 3.36. The molecule has 29 heavy (non-hydrogen) atoms. The van der Waals surface area contributed by atoms with Gasteiger partial charge in [-0.15, -0.1) is 11.3 Å². The molecule has 4 heterocycles. The Hall–Kier alpha value is -3.25. The van der Waals surface area contributed by atoms with Crippen LogP contribution in [0.5, 0.6) is 0 Å². The lowest BCUT2D eigenvalue weighted by atomic mass is 9.98. The van der Waals surface area contributed by atoms with E-state index < -0.39 is 0 Å². The van der Waals surface area contributed by atoms with E-state index in [-0.39, 0.29) is 11.9 Å². The maximum absolute atomic E-state index is 12.4. The second kappa shape index (κ2) is 6.97. The number of amides is 1. The fourth-order valence-electron chi connectivity index (χ4n) is 4.02. The molecule has 0 unspecified atom stereocenters. The summed E-state index contributed by atoms with van der Waals surface area (Å²) in [4.78, 5) is 18.4. The van der Waals surface area contributed by atoms with Crippen LogP contribution in [0.4, 0.5) is 0 Å². The summed E-state index contributed by atoms with van der Waals surface area (Å²) in [5.41, 5.74) is 5.20. The number of carbonyl (C=O) groups is 1. The van der Waals surface area contributed by atoms with Crippen LogP contribution in [0.1, 0.15) is 12.6 Å². The first-order chi connectivity index (χ1) is 14.2. The number of aromatic nitrogens is 3. The topological polar surface area (TPSA) is 51.0 Å². The number of nitrogens with zero attached hydrogens (tertiary/aromatic N) is 4. The molecule has 1 atom stereocenters. The van der Waals surface area contributed by atoms with Crippen molar-refractivity contribution in [2.24, 2.45) is 0 Å². The first-order valence-electron chi connectivity index (χ1n) is 9.56. The van der Waals surface area contributed by atoms with Crippen molar-refractivity contribution in [1.82, 2.24) is 19.7 Å². The van der Waals surface area contributed by atoms with Crippen LogP contribution in [0, 0.1) is 0 Å². The number of carbonyl (C=O) groups excluding carboxylic acids is 1. The summed E-state index contributed by atoms with van der Waals surface area (Å²) >= 11 is 1.74. The van der Waals surface area contributed by atoms with Crippen LogP contribution < -0.4 is 0 Å². The van der Waals surface area contributed by atoms with Gasteiger partial charge in [0.25, 0.3) is 0 Å². The van der Waals surface area contributed by atoms with Gasteiger partial charge in [0.2, 0.25) is 5.91 Å². The molecule has 0 saturated carbocycles. The van der Waals surface area contributed by atoms with Gasteiger partial charge in [0.05, 0.1) is 18.8 Å². The Bertz CT molecular complexity index is 1220. The maximum atomic E-state index is 12.4. The Kier molecular flexibility index (Phi) is 4.28. The number of rotatable bonds is 3. The summed E-state index contributed by atoms with van der Waals surface area (Å²) in [6.45, 7) is 6.89. The second-order valence-electron chi connectivity index (χ2n) is 7.28. The number of fused-ring (bicyclic) bond motifs is 2. The van der Waals surface area contributed by atoms with E-state index in [1.165, 1.54) is 16.2 Å². The standard InChI is InChI=1S/C23H20N4OS/c1-3-21(28)26-14-19-22(16-6-9-24-10-7-16)23(25-27(19)13-15(26)2)18-4-5-20-17(12-18)8-11-29-20/h3-12,15H,1,13-14H2,2H3/t15-/m0/s1. The fraction of sp³-hybridized carbons (Fsp3) is 0.174. The van der Waals surface area contributed by atoms with E-state index in [9.17, 15) is 4.79 Å². The first-order valence-corrected chi connectivity index (χ1v) is 10.4. The van der Waals surface area contributed by atoms with E-state index in [4.69, 9.17) is 5.10 Å². The van der Waals surface area contributed by atoms with Gasteiger partial charge in [-0.3, -0.25) is 14.5 Å². The van der Waals surface area contributed by atoms with Crippen LogP contribution in [-0.2, 0) is 17.9 Å². The molecule has 3 aromatic heterocycles. The predicted molar refractivity (Wildman–Crippen MR) is 116 cm³/mol. The monoisotopic (exact) mass is 400 g/mol. The number of hydrogen-bond donors (Lipinski definition) is 0. The van der Waals surface area contributed by atoms with E-state index >= 15 is 0 Å². The van der Waals surface area contributed by atoms with Gasteiger partial charge in [0, 0.05) is 34.3 Å². The Morgan fingerprint density at radius 3 is 2.83 bits per heavy atom. The van der Waals surface area contributed by atoms with E-state index in [1.807, 2.05) is 17.0 Å². The zero-order valence-corrected chi connectivity index (χ0v) is 16.9. The highest BCUT2D eigenvalue weighted by Gasteiger charge is 2.31. The Labute approximate surface area is 172 Å². The molecule has 1 aromatic carbocycles. The molecule has 5 nitrogen and oxygen atoms in total. The van der Waals surface area contributed by atoms with Crippen molar-refractivity contribution in [3.8, 4) is 22.4 Å². The van der Waals surface area contributed by atoms with Crippen LogP contribution in [0.15, 0.2) is 66.8 Å². The first kappa shape index (κ1) is 17.8. The average molecular weight is 401 g/mol. The summed E-state index contributed by atoms with van der Waals surface area (Å²) in [7, 11) is 0. The van der Waals surface area contributed by atoms with Crippen molar-refractivity contribution in [3.63, 3.8) is 0 Å². The molecular weight excluding hydrogens is 380 g/mol. The molecular formula is C23H20N4OS. The molecule has 0 aliphatic carbocycles. The summed E-state index contributed by atoms with van der Waals surface area (Å²) in [5.74, 6) is -0.0492. The molecule has 1 aliphatic rings. The third kappa shape index (κ3) is 2.96. The number of thiophene rings is 1. The van der Waals surface area contributed by atoms with Crippen LogP contribution in [0.25, 0.3) is 32.5 Å². The molecule has 5 rings (SSSR count). The van der Waals surface area contributed by atoms with E-state index in [2.05, 4.69) is 52.8 Å². The highest BCUT2D eigenvalue weighted by Crippen LogP contribution is 2.38. The number of benzene rings is 1. The van der Waals surface area contributed by atoms with Crippen molar-refractivity contribution < 1.29 is 4.79 Å². The van der Waals surface area contributed by atoms with Crippen molar-refractivity contribution in [2.75, 3.05) is 0 Å². The third-order valence-corrected chi connectivity index (χ3v) is 6.40. The van der Waals surface area contributed by atoms with Gasteiger partial charge in [-0.05, 0) is 59.7 Å². The summed E-state index contributed by atoms with van der Waals surface area (Å²) in [5, 5.41) is 8.32. The molecule has 0 radical (unpaired) electrons. The molecule has 0 bridgehead atoms. The van der Waals surface area contributed by atoms with Crippen molar-refractivity contribution in [1.29, 1.82) is 0 Å². The molecule has 144 valence electrons. The molecule has 4 aromatic rings. The Morgan fingerprint density at radius 2 is 2.03 bits per heavy atom. The minimum absolute atomic E-state index is 0.0492. The van der Waals surface area contributed by atoms with Crippen molar-refractivity contribution in [2.45, 2.75) is 26.1 Å². The fourth-order valence-corrected chi connectivity index (χ4v) is 4.80. The van der Waals surface area contributed by atoms with Gasteiger partial charge in [0.15, 0.2) is 0 Å². The van der Waals surface area contributed by atoms with Crippen molar-refractivity contribution in [3.05, 3.63) is 72.5 Å². The lowest BCUT2D eigenvalue weighted by molar-refractivity contribution is -0.129. The van der Waals surface area contributed by atoms with Gasteiger partial charge in [-0.2, -0.15) is 5.10 Å². The Morgan fingerprint density at radius 1 is 1.21 bits per heavy atom. The summed E-state index contributed by atoms with van der Waals surface area (Å²) < 4.78 is 3.32. The molecule has 1 aliphatic heterocycles. The van der Waals surface area contributed by atoms with Crippen LogP contribution >= 0.6 is 11.3 Å². The Balaban J connectivity index is 1.72. The predicted octanol–water partition coefficient (Wildman–Crippen LogP) is 4.74. The van der Waals surface area contributed by atoms with Gasteiger partial charge in [-0.1, -0.05) is 12.6 Å². The summed E-state index contributed by atoms with van der Waals surface area (Å²) in [6, 6.07) is 12.7. The normalized spacial score (nSPS) is 16.0. The molecule has 0 N–H and O–H groups in total. The lowest BCUT2D eigenvalue weighted by Crippen LogP contribution is -2.44. The largest absolute Gasteiger partial charge is 0.329 e. The van der Waals surface area contributed by atoms with Gasteiger partial charge in [0.1, 0.15) is 5.69 Å². The van der Waals surface area contributed by atoms with Gasteiger partial charge >= 0.3 is 0 Å². The van der Waals surface area contributed by atoms with E-state index in [0.717, 1.165) is 28.1 Å². The molecule has 0 saturated heterocycles. The molecule has 0 fully saturated rings. The van der Waals surface area contributed by atoms with Crippen LogP contribution in [-0.4, -0.2) is 31.6 Å². The SMILES string of the molecule is C=CC(=O)N1Cc2c(-c3ccncc3)c(-c3ccc4sccc4c3)nn2C[C@@H]1C. The zero-order chi connectivity index (χ0) is 20.0. The summed E-state index contributed by atoms with van der Waals surface area (Å²) in [6.07, 6.45) is 4.98. The third-order valence-electron chi connectivity index (χ3n) is 5.50. The number of pyridine rings is 1. The minimum Gasteiger partial charge on any atom is -0.329 e. The van der Waals surface area contributed by atoms with Gasteiger partial charge < -0.3 is 4.90 Å². The van der Waals surface area contributed by atoms with Crippen LogP contribution in [0.3, 0.4) is 0 Å². The molecule has 1 amide bonds. The molecule has 6 heteroatoms. The number of hydrogen-bond acceptors (Lipinski definition) is 4. The van der Waals surface area contributed by atoms with Crippen LogP contribution in [0.2, 0.25) is 0 Å². The highest BCUT2D eigenvalue weighted by molar-refractivity contribution is 7.17. The van der Waals surface area contributed by atoms with E-state index in [1.54, 1.807) is 23.7 Å². The van der Waals surface area contributed by atoms with E-state index in [0.29, 0.717) is 13.1 Å². The maximum Gasteiger partial charge on any atom is 0.246 e. The highest BCUT2D eigenvalue weighted by atomic mass is 32.1. The minimum atomic E-state index is -0.0492. The quantitative estimate of drug-likeness (QED) is 0.467. The van der Waals surface area contributed by atoms with Gasteiger partial charge in [-0.25, -0.2) is 0 Å². The zero-order valence-electron chi connectivity index (χ0n) is 16.1. The van der Waals surface area contributed by atoms with Crippen molar-refractivity contribution >= 4 is 27.3 Å². The lowest BCUT2D eigenvalue weighted by Gasteiger charge is -2.33. The molecule has 0 spiro atoms. The smallest absolute Gasteiger partial charge is 0.246 e. The second-order valence-corrected chi connectivity index (χ2v) is 8.23.